The van der Waals surface area contributed by atoms with E-state index in [4.69, 9.17) is 4.74 Å². The average molecular weight is 440 g/mol. The van der Waals surface area contributed by atoms with Gasteiger partial charge in [-0.1, -0.05) is 15.9 Å². The number of hydrogen-bond donors (Lipinski definition) is 0. The van der Waals surface area contributed by atoms with E-state index in [1.807, 2.05) is 18.2 Å². The highest BCUT2D eigenvalue weighted by Crippen LogP contribution is 2.24. The largest absolute Gasteiger partial charge is 0.496 e. The number of amides is 3. The predicted molar refractivity (Wildman–Crippen MR) is 105 cm³/mol. The fourth-order valence-electron chi connectivity index (χ4n) is 3.05. The zero-order valence-electron chi connectivity index (χ0n) is 16.0. The van der Waals surface area contributed by atoms with Gasteiger partial charge in [0.25, 0.3) is 0 Å². The van der Waals surface area contributed by atoms with E-state index < -0.39 is 0 Å². The van der Waals surface area contributed by atoms with Crippen molar-refractivity contribution in [3.63, 3.8) is 0 Å². The van der Waals surface area contributed by atoms with Gasteiger partial charge < -0.3 is 19.4 Å². The van der Waals surface area contributed by atoms with Crippen LogP contribution in [0, 0.1) is 0 Å². The van der Waals surface area contributed by atoms with Crippen molar-refractivity contribution in [3.05, 3.63) is 28.2 Å². The lowest BCUT2D eigenvalue weighted by atomic mass is 10.1. The number of nitrogens with zero attached hydrogens (tertiary/aromatic N) is 3. The normalized spacial score (nSPS) is 14.1. The molecule has 0 aromatic heterocycles. The molecule has 2 rings (SSSR count). The molecular weight excluding hydrogens is 414 g/mol. The fraction of sp³-hybridized carbons (Fsp3) is 0.526. The lowest BCUT2D eigenvalue weighted by Crippen LogP contribution is -2.50. The SMILES string of the molecule is COc1ccc(Br)cc1CN(C)C(=O)CCC(=O)N1CCN(C(C)=O)CC1. The molecule has 0 radical (unpaired) electrons. The van der Waals surface area contributed by atoms with E-state index in [-0.39, 0.29) is 30.6 Å². The molecule has 0 atom stereocenters. The quantitative estimate of drug-likeness (QED) is 0.678. The van der Waals surface area contributed by atoms with Crippen LogP contribution >= 0.6 is 15.9 Å². The molecule has 1 heterocycles. The number of carbonyl (C=O) groups is 3. The topological polar surface area (TPSA) is 70.2 Å². The average Bonchev–Trinajstić information content (AvgIpc) is 2.66. The van der Waals surface area contributed by atoms with E-state index in [1.54, 1.807) is 28.9 Å². The third kappa shape index (κ3) is 5.95. The Morgan fingerprint density at radius 3 is 2.33 bits per heavy atom. The Bertz CT molecular complexity index is 702. The standard InChI is InChI=1S/C19H26BrN3O4/c1-14(24)22-8-10-23(11-9-22)19(26)7-6-18(25)21(2)13-15-12-16(20)4-5-17(15)27-3/h4-5,12H,6-11,13H2,1-3H3. The van der Waals surface area contributed by atoms with Crippen LogP contribution in [0.2, 0.25) is 0 Å². The number of rotatable bonds is 6. The van der Waals surface area contributed by atoms with Crippen LogP contribution in [0.5, 0.6) is 5.75 Å². The van der Waals surface area contributed by atoms with Crippen molar-refractivity contribution in [1.82, 2.24) is 14.7 Å². The van der Waals surface area contributed by atoms with Crippen LogP contribution in [0.3, 0.4) is 0 Å². The molecule has 0 aliphatic carbocycles. The predicted octanol–water partition coefficient (Wildman–Crippen LogP) is 1.89. The van der Waals surface area contributed by atoms with Gasteiger partial charge in [-0.3, -0.25) is 14.4 Å². The summed E-state index contributed by atoms with van der Waals surface area (Å²) in [5.74, 6) is 0.617. The van der Waals surface area contributed by atoms with Crippen LogP contribution in [-0.4, -0.2) is 72.8 Å². The van der Waals surface area contributed by atoms with Gasteiger partial charge >= 0.3 is 0 Å². The molecule has 148 valence electrons. The smallest absolute Gasteiger partial charge is 0.223 e. The van der Waals surface area contributed by atoms with Gasteiger partial charge in [0.15, 0.2) is 0 Å². The zero-order valence-corrected chi connectivity index (χ0v) is 17.6. The van der Waals surface area contributed by atoms with E-state index in [2.05, 4.69) is 15.9 Å². The first-order valence-electron chi connectivity index (χ1n) is 8.91. The van der Waals surface area contributed by atoms with Crippen LogP contribution in [0.15, 0.2) is 22.7 Å². The van der Waals surface area contributed by atoms with Crippen molar-refractivity contribution in [1.29, 1.82) is 0 Å². The van der Waals surface area contributed by atoms with Gasteiger partial charge in [0.2, 0.25) is 17.7 Å². The first-order valence-corrected chi connectivity index (χ1v) is 9.70. The van der Waals surface area contributed by atoms with Gasteiger partial charge in [-0.25, -0.2) is 0 Å². The van der Waals surface area contributed by atoms with E-state index >= 15 is 0 Å². The minimum atomic E-state index is -0.0900. The first kappa shape index (κ1) is 21.2. The number of piperazine rings is 1. The molecule has 1 fully saturated rings. The summed E-state index contributed by atoms with van der Waals surface area (Å²) < 4.78 is 6.25. The van der Waals surface area contributed by atoms with E-state index in [1.165, 1.54) is 6.92 Å². The van der Waals surface area contributed by atoms with Crippen LogP contribution in [0.1, 0.15) is 25.3 Å². The van der Waals surface area contributed by atoms with Gasteiger partial charge in [-0.15, -0.1) is 0 Å². The molecule has 1 aliphatic rings. The van der Waals surface area contributed by atoms with Crippen LogP contribution in [-0.2, 0) is 20.9 Å². The number of benzene rings is 1. The molecular formula is C19H26BrN3O4. The van der Waals surface area contributed by atoms with Gasteiger partial charge in [0, 0.05) is 69.6 Å². The van der Waals surface area contributed by atoms with Crippen molar-refractivity contribution in [2.45, 2.75) is 26.3 Å². The van der Waals surface area contributed by atoms with Crippen LogP contribution in [0.25, 0.3) is 0 Å². The summed E-state index contributed by atoms with van der Waals surface area (Å²) in [5, 5.41) is 0. The minimum absolute atomic E-state index is 0.0295. The van der Waals surface area contributed by atoms with E-state index in [0.29, 0.717) is 32.7 Å². The molecule has 27 heavy (non-hydrogen) atoms. The number of halogens is 1. The minimum Gasteiger partial charge on any atom is -0.496 e. The number of ether oxygens (including phenoxy) is 1. The molecule has 0 unspecified atom stereocenters. The second kappa shape index (κ2) is 9.73. The van der Waals surface area contributed by atoms with E-state index in [0.717, 1.165) is 15.8 Å². The third-order valence-electron chi connectivity index (χ3n) is 4.71. The van der Waals surface area contributed by atoms with Crippen molar-refractivity contribution in [2.75, 3.05) is 40.3 Å². The van der Waals surface area contributed by atoms with Gasteiger partial charge in [0.05, 0.1) is 7.11 Å². The lowest BCUT2D eigenvalue weighted by molar-refractivity contribution is -0.140. The molecule has 0 N–H and O–H groups in total. The van der Waals surface area contributed by atoms with Crippen molar-refractivity contribution >= 4 is 33.7 Å². The molecule has 3 amide bonds. The summed E-state index contributed by atoms with van der Waals surface area (Å²) >= 11 is 3.43. The Morgan fingerprint density at radius 2 is 1.74 bits per heavy atom. The summed E-state index contributed by atoms with van der Waals surface area (Å²) in [5.41, 5.74) is 0.898. The maximum Gasteiger partial charge on any atom is 0.223 e. The summed E-state index contributed by atoms with van der Waals surface area (Å²) in [6, 6.07) is 5.65. The molecule has 1 aromatic rings. The molecule has 1 aromatic carbocycles. The van der Waals surface area contributed by atoms with Crippen molar-refractivity contribution in [3.8, 4) is 5.75 Å². The van der Waals surface area contributed by atoms with Crippen molar-refractivity contribution in [2.24, 2.45) is 0 Å². The monoisotopic (exact) mass is 439 g/mol. The lowest BCUT2D eigenvalue weighted by Gasteiger charge is -2.34. The van der Waals surface area contributed by atoms with Crippen LogP contribution < -0.4 is 4.74 Å². The second-order valence-corrected chi connectivity index (χ2v) is 7.51. The second-order valence-electron chi connectivity index (χ2n) is 6.59. The third-order valence-corrected chi connectivity index (χ3v) is 5.20. The fourth-order valence-corrected chi connectivity index (χ4v) is 3.46. The molecule has 1 saturated heterocycles. The Hall–Kier alpha value is -2.09. The molecule has 0 saturated carbocycles. The summed E-state index contributed by atoms with van der Waals surface area (Å²) in [7, 11) is 3.32. The maximum absolute atomic E-state index is 12.4. The summed E-state index contributed by atoms with van der Waals surface area (Å²) in [4.78, 5) is 41.1. The highest BCUT2D eigenvalue weighted by Gasteiger charge is 2.23. The highest BCUT2D eigenvalue weighted by molar-refractivity contribution is 9.10. The Balaban J connectivity index is 1.82. The molecule has 0 bridgehead atoms. The summed E-state index contributed by atoms with van der Waals surface area (Å²) in [6.45, 7) is 4.10. The maximum atomic E-state index is 12.4. The zero-order chi connectivity index (χ0) is 20.0. The Labute approximate surface area is 168 Å². The number of hydrogen-bond acceptors (Lipinski definition) is 4. The van der Waals surface area contributed by atoms with Gasteiger partial charge in [0.1, 0.15) is 5.75 Å². The Morgan fingerprint density at radius 1 is 1.11 bits per heavy atom. The van der Waals surface area contributed by atoms with Gasteiger partial charge in [-0.2, -0.15) is 0 Å². The molecule has 8 heteroatoms. The number of carbonyl (C=O) groups excluding carboxylic acids is 3. The Kier molecular flexibility index (Phi) is 7.65. The van der Waals surface area contributed by atoms with E-state index in [9.17, 15) is 14.4 Å². The number of methoxy groups -OCH3 is 1. The molecule has 0 spiro atoms. The first-order chi connectivity index (χ1) is 12.8. The summed E-state index contributed by atoms with van der Waals surface area (Å²) in [6.07, 6.45) is 0.345. The van der Waals surface area contributed by atoms with Gasteiger partial charge in [-0.05, 0) is 18.2 Å². The highest BCUT2D eigenvalue weighted by atomic mass is 79.9. The molecule has 7 nitrogen and oxygen atoms in total. The van der Waals surface area contributed by atoms with Crippen molar-refractivity contribution < 1.29 is 19.1 Å². The van der Waals surface area contributed by atoms with Crippen LogP contribution in [0.4, 0.5) is 0 Å². The molecule has 1 aliphatic heterocycles.